The number of hydrogen-bond acceptors (Lipinski definition) is 5. The van der Waals surface area contributed by atoms with Gasteiger partial charge in [-0.2, -0.15) is 0 Å². The largest absolute Gasteiger partial charge is 0.335 e. The lowest BCUT2D eigenvalue weighted by Gasteiger charge is -2.39. The molecule has 0 fully saturated rings. The first kappa shape index (κ1) is 23.6. The predicted molar refractivity (Wildman–Crippen MR) is 118 cm³/mol. The lowest BCUT2D eigenvalue weighted by atomic mass is 9.84. The third-order valence-electron chi connectivity index (χ3n) is 5.11. The van der Waals surface area contributed by atoms with Gasteiger partial charge in [-0.05, 0) is 48.2 Å². The first-order chi connectivity index (χ1) is 14.8. The van der Waals surface area contributed by atoms with E-state index in [4.69, 9.17) is 17.6 Å². The molecule has 7 nitrogen and oxygen atoms in total. The number of rotatable bonds is 10. The van der Waals surface area contributed by atoms with Crippen molar-refractivity contribution >= 4 is 11.4 Å². The molecule has 2 unspecified atom stereocenters. The minimum Gasteiger partial charge on any atom is -0.335 e. The Hall–Kier alpha value is -3.68. The van der Waals surface area contributed by atoms with Gasteiger partial charge in [0.1, 0.15) is 0 Å². The molecule has 0 saturated heterocycles. The second-order valence-corrected chi connectivity index (χ2v) is 7.15. The van der Waals surface area contributed by atoms with Gasteiger partial charge < -0.3 is 4.74 Å². The highest BCUT2D eigenvalue weighted by molar-refractivity contribution is 5.42. The normalized spacial score (nSPS) is 14.5. The quantitative estimate of drug-likeness (QED) is 0.288. The highest BCUT2D eigenvalue weighted by atomic mass is 16.6. The maximum Gasteiger partial charge on any atom is 0.269 e. The Bertz CT molecular complexity index is 934. The molecule has 0 aliphatic rings. The second kappa shape index (κ2) is 9.88. The molecule has 0 heterocycles. The number of nitrogens with zero attached hydrogens (tertiary/aromatic N) is 2. The van der Waals surface area contributed by atoms with Crippen LogP contribution in [0.2, 0.25) is 0 Å². The van der Waals surface area contributed by atoms with Crippen LogP contribution in [-0.2, 0) is 15.9 Å². The van der Waals surface area contributed by atoms with E-state index in [1.165, 1.54) is 24.3 Å². The molecule has 0 saturated carbocycles. The Morgan fingerprint density at radius 2 is 1.10 bits per heavy atom. The Morgan fingerprint density at radius 3 is 1.32 bits per heavy atom. The van der Waals surface area contributed by atoms with Gasteiger partial charge in [-0.1, -0.05) is 38.5 Å². The number of benzene rings is 2. The molecule has 2 atom stereocenters. The van der Waals surface area contributed by atoms with Crippen molar-refractivity contribution in [1.82, 2.24) is 0 Å². The fraction of sp³-hybridized carbons (Fsp3) is 0.333. The van der Waals surface area contributed by atoms with E-state index in [1.807, 2.05) is 13.8 Å². The summed E-state index contributed by atoms with van der Waals surface area (Å²) in [5.74, 6) is 5.47. The minimum absolute atomic E-state index is 0.0571. The molecule has 7 heteroatoms. The first-order valence-corrected chi connectivity index (χ1v) is 9.93. The molecular weight excluding hydrogens is 396 g/mol. The number of hydrogen-bond donors (Lipinski definition) is 0. The molecule has 2 rings (SSSR count). The minimum atomic E-state index is -1.23. The van der Waals surface area contributed by atoms with Gasteiger partial charge in [-0.15, -0.1) is 12.8 Å². The summed E-state index contributed by atoms with van der Waals surface area (Å²) in [6.07, 6.45) is 14.1. The summed E-state index contributed by atoms with van der Waals surface area (Å²) in [4.78, 5) is 21.1. The van der Waals surface area contributed by atoms with Gasteiger partial charge in [0, 0.05) is 24.3 Å². The van der Waals surface area contributed by atoms with Crippen LogP contribution in [0, 0.1) is 44.9 Å². The lowest BCUT2D eigenvalue weighted by Crippen LogP contribution is -2.40. The molecule has 2 aromatic rings. The zero-order valence-electron chi connectivity index (χ0n) is 17.5. The SMILES string of the molecule is C#CC(CCC)(OC(C#C)(CCC)c1ccc([N+](=O)[O-])cc1)c1ccc([N+](=O)[O-])cc1. The molecule has 0 radical (unpaired) electrons. The van der Waals surface area contributed by atoms with Crippen LogP contribution in [0.3, 0.4) is 0 Å². The predicted octanol–water partition coefficient (Wildman–Crippen LogP) is 5.48. The van der Waals surface area contributed by atoms with Gasteiger partial charge in [0.05, 0.1) is 9.85 Å². The van der Waals surface area contributed by atoms with Crippen LogP contribution >= 0.6 is 0 Å². The second-order valence-electron chi connectivity index (χ2n) is 7.15. The fourth-order valence-corrected chi connectivity index (χ4v) is 3.58. The Labute approximate surface area is 181 Å². The Kier molecular flexibility index (Phi) is 7.52. The molecule has 0 aliphatic carbocycles. The van der Waals surface area contributed by atoms with E-state index in [9.17, 15) is 20.2 Å². The summed E-state index contributed by atoms with van der Waals surface area (Å²) in [5.41, 5.74) is -1.41. The van der Waals surface area contributed by atoms with E-state index in [0.717, 1.165) is 0 Å². The van der Waals surface area contributed by atoms with Crippen LogP contribution in [0.1, 0.15) is 50.7 Å². The van der Waals surface area contributed by atoms with E-state index in [1.54, 1.807) is 24.3 Å². The van der Waals surface area contributed by atoms with Gasteiger partial charge >= 0.3 is 0 Å². The number of nitro benzene ring substituents is 2. The van der Waals surface area contributed by atoms with Crippen LogP contribution in [0.5, 0.6) is 0 Å². The number of terminal acetylenes is 2. The third kappa shape index (κ3) is 4.91. The van der Waals surface area contributed by atoms with Gasteiger partial charge in [-0.3, -0.25) is 20.2 Å². The third-order valence-corrected chi connectivity index (χ3v) is 5.11. The molecule has 0 bridgehead atoms. The van der Waals surface area contributed by atoms with Crippen molar-refractivity contribution in [3.8, 4) is 24.7 Å². The van der Waals surface area contributed by atoms with Crippen molar-refractivity contribution in [1.29, 1.82) is 0 Å². The molecule has 0 aromatic heterocycles. The summed E-state index contributed by atoms with van der Waals surface area (Å²) in [7, 11) is 0. The summed E-state index contributed by atoms with van der Waals surface area (Å²) >= 11 is 0. The van der Waals surface area contributed by atoms with Crippen molar-refractivity contribution in [2.24, 2.45) is 0 Å². The first-order valence-electron chi connectivity index (χ1n) is 9.93. The standard InChI is InChI=1S/C24H24N2O5/c1-5-17-23(7-3,19-9-13-21(14-10-19)25(27)28)31-24(8-4,18-6-2)20-11-15-22(16-12-20)26(29)30/h3-4,9-16H,5-6,17-18H2,1-2H3. The van der Waals surface area contributed by atoms with E-state index >= 15 is 0 Å². The maximum atomic E-state index is 11.0. The fourth-order valence-electron chi connectivity index (χ4n) is 3.58. The molecule has 0 N–H and O–H groups in total. The zero-order valence-corrected chi connectivity index (χ0v) is 17.5. The topological polar surface area (TPSA) is 95.5 Å². The van der Waals surface area contributed by atoms with Crippen molar-refractivity contribution in [2.45, 2.75) is 50.7 Å². The zero-order chi connectivity index (χ0) is 23.1. The van der Waals surface area contributed by atoms with Crippen molar-refractivity contribution in [3.05, 3.63) is 79.9 Å². The Morgan fingerprint density at radius 1 is 0.774 bits per heavy atom. The van der Waals surface area contributed by atoms with E-state index < -0.39 is 21.0 Å². The molecule has 31 heavy (non-hydrogen) atoms. The molecule has 0 spiro atoms. The Balaban J connectivity index is 2.60. The van der Waals surface area contributed by atoms with Crippen LogP contribution in [0.15, 0.2) is 48.5 Å². The van der Waals surface area contributed by atoms with Gasteiger partial charge in [0.2, 0.25) is 0 Å². The summed E-state index contributed by atoms with van der Waals surface area (Å²) in [5, 5.41) is 22.1. The maximum absolute atomic E-state index is 11.0. The van der Waals surface area contributed by atoms with Crippen LogP contribution in [-0.4, -0.2) is 9.85 Å². The van der Waals surface area contributed by atoms with Crippen molar-refractivity contribution in [3.63, 3.8) is 0 Å². The summed E-state index contributed by atoms with van der Waals surface area (Å²) in [6, 6.07) is 11.8. The molecule has 0 aliphatic heterocycles. The van der Waals surface area contributed by atoms with E-state index in [-0.39, 0.29) is 11.4 Å². The average molecular weight is 420 g/mol. The number of non-ortho nitro benzene ring substituents is 2. The number of ether oxygens (including phenoxy) is 1. The van der Waals surface area contributed by atoms with Crippen LogP contribution in [0.4, 0.5) is 11.4 Å². The highest BCUT2D eigenvalue weighted by Crippen LogP contribution is 2.42. The van der Waals surface area contributed by atoms with Gasteiger partial charge in [0.25, 0.3) is 11.4 Å². The average Bonchev–Trinajstić information content (AvgIpc) is 2.78. The lowest BCUT2D eigenvalue weighted by molar-refractivity contribution is -0.385. The van der Waals surface area contributed by atoms with Gasteiger partial charge in [0.15, 0.2) is 11.2 Å². The van der Waals surface area contributed by atoms with E-state index in [0.29, 0.717) is 36.8 Å². The summed E-state index contributed by atoms with van der Waals surface area (Å²) in [6.45, 7) is 3.90. The molecule has 0 amide bonds. The molecular formula is C24H24N2O5. The van der Waals surface area contributed by atoms with Gasteiger partial charge in [-0.25, -0.2) is 0 Å². The highest BCUT2D eigenvalue weighted by Gasteiger charge is 2.42. The van der Waals surface area contributed by atoms with Crippen LogP contribution < -0.4 is 0 Å². The monoisotopic (exact) mass is 420 g/mol. The van der Waals surface area contributed by atoms with E-state index in [2.05, 4.69) is 11.8 Å². The molecule has 2 aromatic carbocycles. The van der Waals surface area contributed by atoms with Crippen molar-refractivity contribution < 1.29 is 14.6 Å². The smallest absolute Gasteiger partial charge is 0.269 e. The van der Waals surface area contributed by atoms with Crippen LogP contribution in [0.25, 0.3) is 0 Å². The molecule has 160 valence electrons. The summed E-state index contributed by atoms with van der Waals surface area (Å²) < 4.78 is 6.57. The number of nitro groups is 2. The van der Waals surface area contributed by atoms with Crippen molar-refractivity contribution in [2.75, 3.05) is 0 Å².